The van der Waals surface area contributed by atoms with Crippen molar-refractivity contribution in [3.8, 4) is 0 Å². The van der Waals surface area contributed by atoms with Gasteiger partial charge in [0.15, 0.2) is 6.10 Å². The Bertz CT molecular complexity index is 756. The van der Waals surface area contributed by atoms with Gasteiger partial charge in [0.2, 0.25) is 0 Å². The second-order valence-corrected chi connectivity index (χ2v) is 6.59. The summed E-state index contributed by atoms with van der Waals surface area (Å²) in [6.45, 7) is 7.85. The third kappa shape index (κ3) is 4.82. The maximum Gasteiger partial charge on any atom is 0.343 e. The Morgan fingerprint density at radius 2 is 1.88 bits per heavy atom. The van der Waals surface area contributed by atoms with Gasteiger partial charge in [-0.15, -0.1) is 0 Å². The molecule has 0 aliphatic carbocycles. The largest absolute Gasteiger partial charge is 0.449 e. The van der Waals surface area contributed by atoms with E-state index in [0.29, 0.717) is 23.8 Å². The van der Waals surface area contributed by atoms with Crippen molar-refractivity contribution < 1.29 is 14.3 Å². The van der Waals surface area contributed by atoms with E-state index in [9.17, 15) is 9.59 Å². The summed E-state index contributed by atoms with van der Waals surface area (Å²) in [4.78, 5) is 24.6. The summed E-state index contributed by atoms with van der Waals surface area (Å²) < 4.78 is 6.84. The van der Waals surface area contributed by atoms with Gasteiger partial charge in [-0.1, -0.05) is 43.6 Å². The summed E-state index contributed by atoms with van der Waals surface area (Å²) in [5, 5.41) is 7.19. The van der Waals surface area contributed by atoms with E-state index in [2.05, 4.69) is 10.4 Å². The molecule has 7 heteroatoms. The van der Waals surface area contributed by atoms with Gasteiger partial charge < -0.3 is 10.1 Å². The number of aryl methyl sites for hydroxylation is 1. The van der Waals surface area contributed by atoms with Gasteiger partial charge in [0.05, 0.1) is 5.69 Å². The fraction of sp³-hybridized carbons (Fsp3) is 0.389. The number of para-hydroxylation sites is 1. The van der Waals surface area contributed by atoms with Crippen LogP contribution in [-0.2, 0) is 16.1 Å². The lowest BCUT2D eigenvalue weighted by Crippen LogP contribution is -2.30. The summed E-state index contributed by atoms with van der Waals surface area (Å²) >= 11 is 6.26. The molecule has 134 valence electrons. The molecule has 0 fully saturated rings. The molecule has 2 aromatic rings. The number of rotatable bonds is 6. The maximum atomic E-state index is 12.4. The molecule has 1 N–H and O–H groups in total. The summed E-state index contributed by atoms with van der Waals surface area (Å²) in [5.41, 5.74) is 1.31. The normalized spacial score (nSPS) is 12.1. The van der Waals surface area contributed by atoms with Gasteiger partial charge in [-0.3, -0.25) is 9.48 Å². The standard InChI is InChI=1S/C18H22ClN3O3/c1-11(2)10-22-16(19)15(12(3)21-22)18(24)25-13(4)17(23)20-14-8-6-5-7-9-14/h5-9,11,13H,10H2,1-4H3,(H,20,23)/t13-/m1/s1. The fourth-order valence-corrected chi connectivity index (χ4v) is 2.61. The third-order valence-corrected chi connectivity index (χ3v) is 3.89. The number of aromatic nitrogens is 2. The number of hydrogen-bond donors (Lipinski definition) is 1. The second kappa shape index (κ2) is 8.16. The molecule has 0 radical (unpaired) electrons. The van der Waals surface area contributed by atoms with Crippen molar-refractivity contribution >= 4 is 29.2 Å². The third-order valence-electron chi connectivity index (χ3n) is 3.50. The highest BCUT2D eigenvalue weighted by Gasteiger charge is 2.25. The number of nitrogens with zero attached hydrogens (tertiary/aromatic N) is 2. The van der Waals surface area contributed by atoms with E-state index in [0.717, 1.165) is 0 Å². The Labute approximate surface area is 152 Å². The van der Waals surface area contributed by atoms with Crippen molar-refractivity contribution in [1.29, 1.82) is 0 Å². The fourth-order valence-electron chi connectivity index (χ4n) is 2.29. The van der Waals surface area contributed by atoms with E-state index < -0.39 is 18.0 Å². The molecule has 1 heterocycles. The van der Waals surface area contributed by atoms with E-state index in [1.54, 1.807) is 35.9 Å². The summed E-state index contributed by atoms with van der Waals surface area (Å²) in [6.07, 6.45) is -0.961. The number of esters is 1. The highest BCUT2D eigenvalue weighted by Crippen LogP contribution is 2.22. The van der Waals surface area contributed by atoms with E-state index in [4.69, 9.17) is 16.3 Å². The lowest BCUT2D eigenvalue weighted by Gasteiger charge is -2.13. The lowest BCUT2D eigenvalue weighted by atomic mass is 10.2. The number of amides is 1. The molecule has 0 aliphatic heterocycles. The molecule has 0 saturated carbocycles. The second-order valence-electron chi connectivity index (χ2n) is 6.23. The molecule has 0 bridgehead atoms. The maximum absolute atomic E-state index is 12.4. The van der Waals surface area contributed by atoms with Crippen LogP contribution in [0.1, 0.15) is 36.8 Å². The molecule has 25 heavy (non-hydrogen) atoms. The predicted molar refractivity (Wildman–Crippen MR) is 96.8 cm³/mol. The van der Waals surface area contributed by atoms with Gasteiger partial charge in [0.1, 0.15) is 10.7 Å². The number of carbonyl (C=O) groups excluding carboxylic acids is 2. The number of carbonyl (C=O) groups is 2. The number of halogens is 1. The van der Waals surface area contributed by atoms with Crippen LogP contribution < -0.4 is 5.32 Å². The summed E-state index contributed by atoms with van der Waals surface area (Å²) in [6, 6.07) is 8.96. The van der Waals surface area contributed by atoms with Crippen LogP contribution in [0.25, 0.3) is 0 Å². The van der Waals surface area contributed by atoms with Gasteiger partial charge in [0.25, 0.3) is 5.91 Å². The summed E-state index contributed by atoms with van der Waals surface area (Å²) in [5.74, 6) is -0.743. The van der Waals surface area contributed by atoms with Gasteiger partial charge in [-0.2, -0.15) is 5.10 Å². The minimum atomic E-state index is -0.961. The monoisotopic (exact) mass is 363 g/mol. The van der Waals surface area contributed by atoms with Crippen molar-refractivity contribution in [2.45, 2.75) is 40.3 Å². The lowest BCUT2D eigenvalue weighted by molar-refractivity contribution is -0.123. The molecule has 6 nitrogen and oxygen atoms in total. The van der Waals surface area contributed by atoms with Crippen molar-refractivity contribution in [2.24, 2.45) is 5.92 Å². The molecule has 1 aromatic carbocycles. The Morgan fingerprint density at radius 1 is 1.24 bits per heavy atom. The zero-order chi connectivity index (χ0) is 18.6. The minimum absolute atomic E-state index is 0.196. The molecule has 1 atom stereocenters. The Kier molecular flexibility index (Phi) is 6.20. The minimum Gasteiger partial charge on any atom is -0.449 e. The Morgan fingerprint density at radius 3 is 2.48 bits per heavy atom. The van der Waals surface area contributed by atoms with Crippen LogP contribution in [-0.4, -0.2) is 27.8 Å². The first-order valence-electron chi connectivity index (χ1n) is 8.09. The molecular formula is C18H22ClN3O3. The predicted octanol–water partition coefficient (Wildman–Crippen LogP) is 3.68. The number of ether oxygens (including phenoxy) is 1. The van der Waals surface area contributed by atoms with Crippen LogP contribution >= 0.6 is 11.6 Å². The van der Waals surface area contributed by atoms with Crippen molar-refractivity contribution in [3.63, 3.8) is 0 Å². The molecule has 0 saturated heterocycles. The Balaban J connectivity index is 2.06. The molecular weight excluding hydrogens is 342 g/mol. The smallest absolute Gasteiger partial charge is 0.343 e. The molecule has 0 unspecified atom stereocenters. The highest BCUT2D eigenvalue weighted by atomic mass is 35.5. The van der Waals surface area contributed by atoms with Gasteiger partial charge in [0, 0.05) is 12.2 Å². The van der Waals surface area contributed by atoms with E-state index in [1.807, 2.05) is 19.9 Å². The van der Waals surface area contributed by atoms with Crippen molar-refractivity contribution in [2.75, 3.05) is 5.32 Å². The molecule has 1 amide bonds. The molecule has 2 rings (SSSR count). The highest BCUT2D eigenvalue weighted by molar-refractivity contribution is 6.32. The first kappa shape index (κ1) is 19.0. The van der Waals surface area contributed by atoms with Crippen LogP contribution in [0.4, 0.5) is 5.69 Å². The zero-order valence-electron chi connectivity index (χ0n) is 14.7. The van der Waals surface area contributed by atoms with Gasteiger partial charge in [-0.05, 0) is 31.9 Å². The van der Waals surface area contributed by atoms with E-state index in [1.165, 1.54) is 6.92 Å². The van der Waals surface area contributed by atoms with E-state index >= 15 is 0 Å². The molecule has 1 aromatic heterocycles. The van der Waals surface area contributed by atoms with Gasteiger partial charge in [-0.25, -0.2) is 4.79 Å². The van der Waals surface area contributed by atoms with Crippen molar-refractivity contribution in [1.82, 2.24) is 9.78 Å². The van der Waals surface area contributed by atoms with Gasteiger partial charge >= 0.3 is 5.97 Å². The molecule has 0 spiro atoms. The van der Waals surface area contributed by atoms with E-state index in [-0.39, 0.29) is 10.7 Å². The van der Waals surface area contributed by atoms with Crippen molar-refractivity contribution in [3.05, 3.63) is 46.7 Å². The van der Waals surface area contributed by atoms with Crippen LogP contribution in [0.5, 0.6) is 0 Å². The Hall–Kier alpha value is -2.34. The topological polar surface area (TPSA) is 73.2 Å². The molecule has 0 aliphatic rings. The van der Waals surface area contributed by atoms with Crippen LogP contribution in [0.15, 0.2) is 30.3 Å². The average molecular weight is 364 g/mol. The number of anilines is 1. The van der Waals surface area contributed by atoms with Crippen LogP contribution in [0.3, 0.4) is 0 Å². The number of nitrogens with one attached hydrogen (secondary N) is 1. The summed E-state index contributed by atoms with van der Waals surface area (Å²) in [7, 11) is 0. The first-order valence-corrected chi connectivity index (χ1v) is 8.47. The number of benzene rings is 1. The average Bonchev–Trinajstić information content (AvgIpc) is 2.81. The quantitative estimate of drug-likeness (QED) is 0.794. The SMILES string of the molecule is Cc1nn(CC(C)C)c(Cl)c1C(=O)O[C@H](C)C(=O)Nc1ccccc1. The van der Waals surface area contributed by atoms with Crippen LogP contribution in [0.2, 0.25) is 5.15 Å². The number of hydrogen-bond acceptors (Lipinski definition) is 4. The zero-order valence-corrected chi connectivity index (χ0v) is 15.5. The first-order chi connectivity index (χ1) is 11.8. The van der Waals surface area contributed by atoms with Crippen LogP contribution in [0, 0.1) is 12.8 Å².